The van der Waals surface area contributed by atoms with E-state index in [-0.39, 0.29) is 11.5 Å². The highest BCUT2D eigenvalue weighted by molar-refractivity contribution is 6.04. The zero-order chi connectivity index (χ0) is 28.2. The molecule has 2 amide bonds. The maximum absolute atomic E-state index is 13.2. The number of nitrogens with two attached hydrogens (primary N) is 1. The number of aryl methyl sites for hydroxylation is 3. The summed E-state index contributed by atoms with van der Waals surface area (Å²) in [5.41, 5.74) is 8.98. The van der Waals surface area contributed by atoms with Crippen LogP contribution >= 0.6 is 0 Å². The lowest BCUT2D eigenvalue weighted by Gasteiger charge is -2.13. The number of benzene rings is 2. The second-order valence-electron chi connectivity index (χ2n) is 9.11. The molecule has 0 aliphatic carbocycles. The summed E-state index contributed by atoms with van der Waals surface area (Å²) in [6, 6.07) is 15.0. The SMILES string of the molecule is CCn1nc(C)cc1C(=O)Nc1nc2cc(C(N)=O)cc(OC)c2n1CCCNc1ncc(-c2ccccc2)o1. The number of nitrogens with zero attached hydrogens (tertiary/aromatic N) is 5. The number of carbonyl (C=O) groups excluding carboxylic acids is 2. The number of aromatic nitrogens is 5. The molecule has 0 bridgehead atoms. The fourth-order valence-electron chi connectivity index (χ4n) is 4.50. The topological polar surface area (TPSA) is 155 Å². The number of anilines is 2. The molecule has 0 fully saturated rings. The largest absolute Gasteiger partial charge is 0.494 e. The van der Waals surface area contributed by atoms with Gasteiger partial charge in [0.05, 0.1) is 24.5 Å². The minimum absolute atomic E-state index is 0.256. The van der Waals surface area contributed by atoms with Crippen molar-refractivity contribution in [3.05, 3.63) is 71.7 Å². The molecular formula is C28H30N8O4. The molecule has 40 heavy (non-hydrogen) atoms. The fourth-order valence-corrected chi connectivity index (χ4v) is 4.50. The van der Waals surface area contributed by atoms with E-state index in [0.717, 1.165) is 11.3 Å². The van der Waals surface area contributed by atoms with Crippen LogP contribution in [-0.4, -0.2) is 49.8 Å². The van der Waals surface area contributed by atoms with Gasteiger partial charge in [0.25, 0.3) is 11.9 Å². The fraction of sp³-hybridized carbons (Fsp3) is 0.250. The van der Waals surface area contributed by atoms with Crippen LogP contribution in [0.4, 0.5) is 12.0 Å². The number of amides is 2. The molecule has 0 saturated heterocycles. The zero-order valence-corrected chi connectivity index (χ0v) is 22.5. The lowest BCUT2D eigenvalue weighted by molar-refractivity contribution is 0.0995. The van der Waals surface area contributed by atoms with Crippen molar-refractivity contribution in [2.75, 3.05) is 24.3 Å². The first kappa shape index (κ1) is 26.5. The van der Waals surface area contributed by atoms with Gasteiger partial charge in [-0.25, -0.2) is 9.97 Å². The highest BCUT2D eigenvalue weighted by Gasteiger charge is 2.21. The summed E-state index contributed by atoms with van der Waals surface area (Å²) in [5, 5.41) is 10.5. The molecule has 206 valence electrons. The van der Waals surface area contributed by atoms with Crippen molar-refractivity contribution in [2.24, 2.45) is 5.73 Å². The predicted octanol–water partition coefficient (Wildman–Crippen LogP) is 4.08. The Bertz CT molecular complexity index is 1670. The summed E-state index contributed by atoms with van der Waals surface area (Å²) >= 11 is 0. The number of methoxy groups -OCH3 is 1. The van der Waals surface area contributed by atoms with E-state index in [2.05, 4.69) is 25.7 Å². The number of primary amides is 1. The van der Waals surface area contributed by atoms with Gasteiger partial charge in [-0.2, -0.15) is 5.10 Å². The average Bonchev–Trinajstić information content (AvgIpc) is 3.67. The van der Waals surface area contributed by atoms with Crippen LogP contribution in [0.25, 0.3) is 22.4 Å². The number of nitrogens with one attached hydrogen (secondary N) is 2. The maximum atomic E-state index is 13.2. The van der Waals surface area contributed by atoms with E-state index < -0.39 is 5.91 Å². The van der Waals surface area contributed by atoms with Crippen molar-refractivity contribution >= 4 is 34.8 Å². The van der Waals surface area contributed by atoms with Gasteiger partial charge in [-0.05, 0) is 38.5 Å². The number of imidazole rings is 1. The Labute approximate surface area is 230 Å². The van der Waals surface area contributed by atoms with Crippen LogP contribution in [0.15, 0.2) is 59.1 Å². The number of hydrogen-bond donors (Lipinski definition) is 3. The van der Waals surface area contributed by atoms with Gasteiger partial charge >= 0.3 is 0 Å². The number of fused-ring (bicyclic) bond motifs is 1. The molecule has 0 aliphatic rings. The van der Waals surface area contributed by atoms with Gasteiger partial charge in [0, 0.05) is 30.8 Å². The van der Waals surface area contributed by atoms with Gasteiger partial charge in [-0.15, -0.1) is 0 Å². The van der Waals surface area contributed by atoms with Gasteiger partial charge in [0.15, 0.2) is 5.76 Å². The summed E-state index contributed by atoms with van der Waals surface area (Å²) < 4.78 is 14.9. The van der Waals surface area contributed by atoms with E-state index in [4.69, 9.17) is 14.9 Å². The van der Waals surface area contributed by atoms with Crippen molar-refractivity contribution in [3.8, 4) is 17.1 Å². The Morgan fingerprint density at radius 1 is 1.15 bits per heavy atom. The minimum Gasteiger partial charge on any atom is -0.494 e. The lowest BCUT2D eigenvalue weighted by Crippen LogP contribution is -2.20. The van der Waals surface area contributed by atoms with Crippen LogP contribution in [-0.2, 0) is 13.1 Å². The monoisotopic (exact) mass is 542 g/mol. The summed E-state index contributed by atoms with van der Waals surface area (Å²) in [4.78, 5) is 34.1. The van der Waals surface area contributed by atoms with Crippen LogP contribution < -0.4 is 21.1 Å². The molecule has 12 heteroatoms. The average molecular weight is 543 g/mol. The first-order valence-electron chi connectivity index (χ1n) is 12.9. The first-order chi connectivity index (χ1) is 19.4. The summed E-state index contributed by atoms with van der Waals surface area (Å²) in [7, 11) is 1.51. The summed E-state index contributed by atoms with van der Waals surface area (Å²) in [6.07, 6.45) is 2.31. The third-order valence-corrected chi connectivity index (χ3v) is 6.37. The number of rotatable bonds is 11. The minimum atomic E-state index is -0.604. The molecule has 0 unspecified atom stereocenters. The van der Waals surface area contributed by atoms with Gasteiger partial charge in [0.1, 0.15) is 17.0 Å². The number of ether oxygens (including phenoxy) is 1. The van der Waals surface area contributed by atoms with Gasteiger partial charge < -0.3 is 24.8 Å². The van der Waals surface area contributed by atoms with E-state index in [9.17, 15) is 9.59 Å². The standard InChI is InChI=1S/C28H30N8O4/c1-4-36-21(13-17(2)34-36)26(38)33-27-32-20-14-19(25(29)37)15-22(39-3)24(20)35(27)12-8-11-30-28-31-16-23(40-28)18-9-6-5-7-10-18/h5-7,9-10,13-16H,4,8,11-12H2,1-3H3,(H2,29,37)(H,30,31)(H,32,33,38). The molecule has 5 aromatic rings. The van der Waals surface area contributed by atoms with E-state index in [1.54, 1.807) is 29.1 Å². The Hall–Kier alpha value is -5.13. The second-order valence-corrected chi connectivity index (χ2v) is 9.11. The Balaban J connectivity index is 1.39. The van der Waals surface area contributed by atoms with E-state index in [1.807, 2.05) is 48.7 Å². The third kappa shape index (κ3) is 5.37. The quantitative estimate of drug-likeness (QED) is 0.211. The Kier molecular flexibility index (Phi) is 7.49. The van der Waals surface area contributed by atoms with Crippen LogP contribution in [0.5, 0.6) is 5.75 Å². The van der Waals surface area contributed by atoms with E-state index >= 15 is 0 Å². The van der Waals surface area contributed by atoms with Crippen molar-refractivity contribution < 1.29 is 18.7 Å². The molecule has 0 saturated carbocycles. The molecule has 3 heterocycles. The van der Waals surface area contributed by atoms with Crippen LogP contribution in [0.3, 0.4) is 0 Å². The van der Waals surface area contributed by atoms with E-state index in [1.165, 1.54) is 7.11 Å². The highest BCUT2D eigenvalue weighted by Crippen LogP contribution is 2.31. The Morgan fingerprint density at radius 2 is 1.95 bits per heavy atom. The summed E-state index contributed by atoms with van der Waals surface area (Å²) in [5.74, 6) is 0.447. The number of oxazole rings is 1. The number of hydrogen-bond acceptors (Lipinski definition) is 8. The van der Waals surface area contributed by atoms with E-state index in [0.29, 0.717) is 66.3 Å². The smallest absolute Gasteiger partial charge is 0.295 e. The van der Waals surface area contributed by atoms with Gasteiger partial charge in [0.2, 0.25) is 11.9 Å². The lowest BCUT2D eigenvalue weighted by atomic mass is 10.1. The molecule has 5 rings (SSSR count). The molecule has 2 aromatic carbocycles. The molecule has 0 atom stereocenters. The molecular weight excluding hydrogens is 512 g/mol. The molecule has 4 N–H and O–H groups in total. The zero-order valence-electron chi connectivity index (χ0n) is 22.5. The first-order valence-corrected chi connectivity index (χ1v) is 12.9. The molecule has 0 radical (unpaired) electrons. The number of carbonyl (C=O) groups is 2. The van der Waals surface area contributed by atoms with Crippen LogP contribution in [0.1, 0.15) is 39.9 Å². The highest BCUT2D eigenvalue weighted by atomic mass is 16.5. The normalized spacial score (nSPS) is 11.1. The molecule has 0 aliphatic heterocycles. The molecule has 12 nitrogen and oxygen atoms in total. The van der Waals surface area contributed by atoms with Crippen LogP contribution in [0, 0.1) is 6.92 Å². The second kappa shape index (κ2) is 11.3. The Morgan fingerprint density at radius 3 is 2.67 bits per heavy atom. The third-order valence-electron chi connectivity index (χ3n) is 6.37. The molecule has 0 spiro atoms. The van der Waals surface area contributed by atoms with Crippen LogP contribution in [0.2, 0.25) is 0 Å². The van der Waals surface area contributed by atoms with Crippen molar-refractivity contribution in [1.29, 1.82) is 0 Å². The van der Waals surface area contributed by atoms with Crippen molar-refractivity contribution in [3.63, 3.8) is 0 Å². The predicted molar refractivity (Wildman–Crippen MR) is 150 cm³/mol. The van der Waals surface area contributed by atoms with Crippen molar-refractivity contribution in [1.82, 2.24) is 24.3 Å². The summed E-state index contributed by atoms with van der Waals surface area (Å²) in [6.45, 7) is 5.28. The maximum Gasteiger partial charge on any atom is 0.295 e. The molecule has 3 aromatic heterocycles. The van der Waals surface area contributed by atoms with Gasteiger partial charge in [-0.3, -0.25) is 19.6 Å². The van der Waals surface area contributed by atoms with Gasteiger partial charge in [-0.1, -0.05) is 30.3 Å². The van der Waals surface area contributed by atoms with Crippen molar-refractivity contribution in [2.45, 2.75) is 33.4 Å².